The van der Waals surface area contributed by atoms with Crippen LogP contribution in [0.15, 0.2) is 65.6 Å². The zero-order chi connectivity index (χ0) is 29.9. The molecule has 12 heteroatoms. The molecule has 2 amide bonds. The van der Waals surface area contributed by atoms with Gasteiger partial charge in [-0.25, -0.2) is 22.0 Å². The molecule has 3 atom stereocenters. The number of urea groups is 1. The summed E-state index contributed by atoms with van der Waals surface area (Å²) in [4.78, 5) is 14.0. The lowest BCUT2D eigenvalue weighted by Crippen LogP contribution is -2.50. The Morgan fingerprint density at radius 3 is 2.51 bits per heavy atom. The summed E-state index contributed by atoms with van der Waals surface area (Å²) in [6, 6.07) is 14.8. The molecule has 0 saturated carbocycles. The van der Waals surface area contributed by atoms with Crippen molar-refractivity contribution in [3.8, 4) is 22.9 Å². The summed E-state index contributed by atoms with van der Waals surface area (Å²) < 4.78 is 62.6. The first-order valence-corrected chi connectivity index (χ1v) is 14.3. The molecular formula is C29H30F2N4O5S. The lowest BCUT2D eigenvalue weighted by atomic mass is 10.0. The van der Waals surface area contributed by atoms with Gasteiger partial charge in [-0.3, -0.25) is 0 Å². The van der Waals surface area contributed by atoms with Gasteiger partial charge < -0.3 is 20.1 Å². The number of likely N-dealkylation sites (N-methyl/N-ethyl adjacent to an activating group) is 1. The molecule has 0 fully saturated rings. The second kappa shape index (κ2) is 12.2. The molecule has 41 heavy (non-hydrogen) atoms. The molecule has 3 aromatic carbocycles. The van der Waals surface area contributed by atoms with Crippen molar-refractivity contribution in [3.63, 3.8) is 0 Å². The second-order valence-electron chi connectivity index (χ2n) is 10.0. The molecule has 2 N–H and O–H groups in total. The lowest BCUT2D eigenvalue weighted by molar-refractivity contribution is 0.0830. The minimum absolute atomic E-state index is 0.000473. The minimum Gasteiger partial charge on any atom is -0.487 e. The van der Waals surface area contributed by atoms with E-state index in [9.17, 15) is 27.1 Å². The number of amides is 2. The molecule has 0 spiro atoms. The summed E-state index contributed by atoms with van der Waals surface area (Å²) in [7, 11) is -2.62. The van der Waals surface area contributed by atoms with Gasteiger partial charge in [-0.2, -0.15) is 9.57 Å². The summed E-state index contributed by atoms with van der Waals surface area (Å²) in [5.74, 6) is -1.91. The van der Waals surface area contributed by atoms with Crippen molar-refractivity contribution in [1.29, 1.82) is 5.26 Å². The van der Waals surface area contributed by atoms with E-state index in [2.05, 4.69) is 11.4 Å². The Morgan fingerprint density at radius 2 is 1.85 bits per heavy atom. The van der Waals surface area contributed by atoms with Crippen LogP contribution in [0, 0.1) is 28.9 Å². The Balaban J connectivity index is 1.69. The first-order valence-electron chi connectivity index (χ1n) is 12.9. The molecule has 216 valence electrons. The Labute approximate surface area is 237 Å². The van der Waals surface area contributed by atoms with E-state index >= 15 is 0 Å². The quantitative estimate of drug-likeness (QED) is 0.442. The summed E-state index contributed by atoms with van der Waals surface area (Å²) in [5.41, 5.74) is 1.53. The zero-order valence-electron chi connectivity index (χ0n) is 22.7. The van der Waals surface area contributed by atoms with Crippen LogP contribution in [-0.4, -0.2) is 67.7 Å². The average molecular weight is 585 g/mol. The number of benzene rings is 3. The SMILES string of the molecule is C[C@H]1CN([C@@H](C)CO)S(=O)(=O)c2ccc(-c3ccc(C#N)cc3)cc2O[C@@H]1CN(C)C(=O)Nc1cc(F)ccc1F. The summed E-state index contributed by atoms with van der Waals surface area (Å²) in [6.45, 7) is 2.94. The highest BCUT2D eigenvalue weighted by Crippen LogP contribution is 2.36. The summed E-state index contributed by atoms with van der Waals surface area (Å²) in [5, 5.41) is 21.3. The number of aliphatic hydroxyl groups is 1. The number of nitrogens with one attached hydrogen (secondary N) is 1. The van der Waals surface area contributed by atoms with Crippen LogP contribution in [0.25, 0.3) is 11.1 Å². The standard InChI is InChI=1S/C29H30F2N4O5S/c1-18-15-35(19(2)17-36)41(38,39)28-11-8-22(21-6-4-20(14-32)5-7-21)12-26(28)40-27(18)16-34(3)29(37)33-25-13-23(30)9-10-24(25)31/h4-13,18-19,27,36H,15-17H2,1-3H3,(H,33,37)/t18-,19-,27+/m0/s1. The van der Waals surface area contributed by atoms with Crippen LogP contribution in [0.2, 0.25) is 0 Å². The van der Waals surface area contributed by atoms with E-state index in [0.717, 1.165) is 23.8 Å². The molecule has 0 bridgehead atoms. The van der Waals surface area contributed by atoms with E-state index < -0.39 is 52.4 Å². The Morgan fingerprint density at radius 1 is 1.17 bits per heavy atom. The van der Waals surface area contributed by atoms with Crippen LogP contribution >= 0.6 is 0 Å². The number of fused-ring (bicyclic) bond motifs is 1. The predicted molar refractivity (Wildman–Crippen MR) is 149 cm³/mol. The number of hydrogen-bond acceptors (Lipinski definition) is 6. The van der Waals surface area contributed by atoms with E-state index in [1.165, 1.54) is 22.3 Å². The first kappa shape index (κ1) is 29.9. The van der Waals surface area contributed by atoms with Crippen molar-refractivity contribution in [2.45, 2.75) is 30.9 Å². The lowest BCUT2D eigenvalue weighted by Gasteiger charge is -2.37. The van der Waals surface area contributed by atoms with Crippen LogP contribution in [0.1, 0.15) is 19.4 Å². The zero-order valence-corrected chi connectivity index (χ0v) is 23.5. The molecule has 1 aliphatic rings. The molecule has 0 radical (unpaired) electrons. The normalized spacial score (nSPS) is 19.0. The van der Waals surface area contributed by atoms with Gasteiger partial charge in [0.15, 0.2) is 0 Å². The maximum atomic E-state index is 14.1. The molecule has 1 heterocycles. The summed E-state index contributed by atoms with van der Waals surface area (Å²) >= 11 is 0. The number of nitrogens with zero attached hydrogens (tertiary/aromatic N) is 3. The fourth-order valence-corrected chi connectivity index (χ4v) is 6.34. The minimum atomic E-state index is -4.08. The number of aliphatic hydroxyl groups excluding tert-OH is 1. The maximum Gasteiger partial charge on any atom is 0.321 e. The predicted octanol–water partition coefficient (Wildman–Crippen LogP) is 4.44. The van der Waals surface area contributed by atoms with E-state index in [0.29, 0.717) is 11.1 Å². The van der Waals surface area contributed by atoms with Gasteiger partial charge in [-0.1, -0.05) is 25.1 Å². The number of hydrogen-bond donors (Lipinski definition) is 2. The molecule has 0 aromatic heterocycles. The number of ether oxygens (including phenoxy) is 1. The second-order valence-corrected chi connectivity index (χ2v) is 11.9. The van der Waals surface area contributed by atoms with Crippen molar-refractivity contribution in [1.82, 2.24) is 9.21 Å². The first-order chi connectivity index (χ1) is 19.4. The van der Waals surface area contributed by atoms with Gasteiger partial charge in [0.25, 0.3) is 0 Å². The van der Waals surface area contributed by atoms with Crippen molar-refractivity contribution in [2.75, 3.05) is 32.1 Å². The topological polar surface area (TPSA) is 123 Å². The van der Waals surface area contributed by atoms with Gasteiger partial charge in [0.1, 0.15) is 28.4 Å². The number of rotatable bonds is 6. The van der Waals surface area contributed by atoms with E-state index in [1.807, 2.05) is 0 Å². The Kier molecular flexibility index (Phi) is 8.92. The highest BCUT2D eigenvalue weighted by atomic mass is 32.2. The molecule has 9 nitrogen and oxygen atoms in total. The largest absolute Gasteiger partial charge is 0.487 e. The Bertz CT molecular complexity index is 1580. The number of sulfonamides is 1. The Hall–Kier alpha value is -4.05. The highest BCUT2D eigenvalue weighted by Gasteiger charge is 2.38. The van der Waals surface area contributed by atoms with Crippen LogP contribution < -0.4 is 10.1 Å². The van der Waals surface area contributed by atoms with E-state index in [4.69, 9.17) is 10.00 Å². The van der Waals surface area contributed by atoms with Crippen LogP contribution in [0.4, 0.5) is 19.3 Å². The van der Waals surface area contributed by atoms with Gasteiger partial charge in [0.2, 0.25) is 10.0 Å². The maximum absolute atomic E-state index is 14.1. The number of nitriles is 1. The van der Waals surface area contributed by atoms with E-state index in [-0.39, 0.29) is 29.4 Å². The molecule has 1 aliphatic heterocycles. The fraction of sp³-hybridized carbons (Fsp3) is 0.310. The van der Waals surface area contributed by atoms with Crippen molar-refractivity contribution >= 4 is 21.7 Å². The van der Waals surface area contributed by atoms with Crippen LogP contribution in [0.3, 0.4) is 0 Å². The number of carbonyl (C=O) groups excluding carboxylic acids is 1. The third-order valence-electron chi connectivity index (χ3n) is 6.98. The van der Waals surface area contributed by atoms with E-state index in [1.54, 1.807) is 50.2 Å². The molecular weight excluding hydrogens is 554 g/mol. The third kappa shape index (κ3) is 6.48. The van der Waals surface area contributed by atoms with Crippen LogP contribution in [-0.2, 0) is 10.0 Å². The van der Waals surface area contributed by atoms with Crippen LogP contribution in [0.5, 0.6) is 5.75 Å². The highest BCUT2D eigenvalue weighted by molar-refractivity contribution is 7.89. The fourth-order valence-electron chi connectivity index (χ4n) is 4.52. The van der Waals surface area contributed by atoms with Crippen molar-refractivity contribution in [3.05, 3.63) is 77.9 Å². The molecule has 0 unspecified atom stereocenters. The van der Waals surface area contributed by atoms with Crippen molar-refractivity contribution in [2.24, 2.45) is 5.92 Å². The van der Waals surface area contributed by atoms with Gasteiger partial charge in [0, 0.05) is 31.6 Å². The average Bonchev–Trinajstić information content (AvgIpc) is 2.96. The van der Waals surface area contributed by atoms with Gasteiger partial charge in [0.05, 0.1) is 30.5 Å². The van der Waals surface area contributed by atoms with Crippen molar-refractivity contribution < 1.29 is 31.8 Å². The monoisotopic (exact) mass is 584 g/mol. The third-order valence-corrected chi connectivity index (χ3v) is 9.00. The summed E-state index contributed by atoms with van der Waals surface area (Å²) in [6.07, 6.45) is -0.720. The smallest absolute Gasteiger partial charge is 0.321 e. The molecule has 3 aromatic rings. The number of carbonyl (C=O) groups is 1. The molecule has 0 aliphatic carbocycles. The molecule has 0 saturated heterocycles. The van der Waals surface area contributed by atoms with Gasteiger partial charge >= 0.3 is 6.03 Å². The molecule has 4 rings (SSSR count). The van der Waals surface area contributed by atoms with Gasteiger partial charge in [-0.15, -0.1) is 0 Å². The van der Waals surface area contributed by atoms with Gasteiger partial charge in [-0.05, 0) is 54.4 Å². The number of halogens is 2. The number of anilines is 1.